The number of hydrogen-bond donors (Lipinski definition) is 1. The Hall–Kier alpha value is -1.24. The SMILES string of the molecule is CCCCCC1CCCc2[nH]c3ccccc3c21. The van der Waals surface area contributed by atoms with E-state index in [1.165, 1.54) is 61.5 Å². The zero-order valence-electron chi connectivity index (χ0n) is 11.3. The van der Waals surface area contributed by atoms with Gasteiger partial charge in [-0.05, 0) is 43.2 Å². The van der Waals surface area contributed by atoms with Gasteiger partial charge in [0.15, 0.2) is 0 Å². The van der Waals surface area contributed by atoms with Crippen molar-refractivity contribution in [2.75, 3.05) is 0 Å². The van der Waals surface area contributed by atoms with Gasteiger partial charge < -0.3 is 4.98 Å². The largest absolute Gasteiger partial charge is 0.358 e. The number of unbranched alkanes of at least 4 members (excludes halogenated alkanes) is 2. The maximum atomic E-state index is 3.64. The Balaban J connectivity index is 1.93. The fraction of sp³-hybridized carbons (Fsp3) is 0.529. The molecular weight excluding hydrogens is 218 g/mol. The molecule has 0 bridgehead atoms. The molecule has 1 atom stereocenters. The third-order valence-corrected chi connectivity index (χ3v) is 4.37. The van der Waals surface area contributed by atoms with Crippen molar-refractivity contribution in [2.24, 2.45) is 0 Å². The lowest BCUT2D eigenvalue weighted by atomic mass is 9.82. The number of benzene rings is 1. The summed E-state index contributed by atoms with van der Waals surface area (Å²) in [5, 5.41) is 1.48. The highest BCUT2D eigenvalue weighted by Gasteiger charge is 2.23. The molecule has 0 saturated heterocycles. The summed E-state index contributed by atoms with van der Waals surface area (Å²) in [4.78, 5) is 3.64. The molecule has 0 saturated carbocycles. The zero-order valence-corrected chi connectivity index (χ0v) is 11.3. The monoisotopic (exact) mass is 241 g/mol. The number of H-pyrrole nitrogens is 1. The van der Waals surface area contributed by atoms with Crippen molar-refractivity contribution in [2.45, 2.75) is 57.8 Å². The summed E-state index contributed by atoms with van der Waals surface area (Å²) in [7, 11) is 0. The van der Waals surface area contributed by atoms with Gasteiger partial charge in [-0.15, -0.1) is 0 Å². The van der Waals surface area contributed by atoms with Crippen LogP contribution in [0.1, 0.15) is 62.6 Å². The second kappa shape index (κ2) is 5.17. The number of nitrogens with one attached hydrogen (secondary N) is 1. The molecule has 1 aromatic heterocycles. The molecule has 3 rings (SSSR count). The Kier molecular flexibility index (Phi) is 3.40. The molecule has 1 N–H and O–H groups in total. The number of hydrogen-bond acceptors (Lipinski definition) is 0. The van der Waals surface area contributed by atoms with E-state index in [4.69, 9.17) is 0 Å². The van der Waals surface area contributed by atoms with Crippen LogP contribution in [0.3, 0.4) is 0 Å². The molecule has 1 aliphatic carbocycles. The van der Waals surface area contributed by atoms with Crippen molar-refractivity contribution in [1.29, 1.82) is 0 Å². The summed E-state index contributed by atoms with van der Waals surface area (Å²) in [5.74, 6) is 0.802. The Morgan fingerprint density at radius 1 is 1.22 bits per heavy atom. The maximum Gasteiger partial charge on any atom is 0.0459 e. The van der Waals surface area contributed by atoms with Gasteiger partial charge in [-0.2, -0.15) is 0 Å². The lowest BCUT2D eigenvalue weighted by Crippen LogP contribution is -2.08. The van der Waals surface area contributed by atoms with E-state index >= 15 is 0 Å². The van der Waals surface area contributed by atoms with Crippen LogP contribution in [0.2, 0.25) is 0 Å². The highest BCUT2D eigenvalue weighted by atomic mass is 14.7. The van der Waals surface area contributed by atoms with Gasteiger partial charge in [-0.3, -0.25) is 0 Å². The predicted octanol–water partition coefficient (Wildman–Crippen LogP) is 5.17. The maximum absolute atomic E-state index is 3.64. The molecule has 1 aromatic carbocycles. The molecule has 2 aromatic rings. The van der Waals surface area contributed by atoms with Gasteiger partial charge in [0.1, 0.15) is 0 Å². The Bertz CT molecular complexity index is 523. The summed E-state index contributed by atoms with van der Waals surface area (Å²) in [6, 6.07) is 8.82. The first-order valence-electron chi connectivity index (χ1n) is 7.49. The van der Waals surface area contributed by atoms with Crippen LogP contribution in [0.25, 0.3) is 10.9 Å². The Morgan fingerprint density at radius 3 is 3.00 bits per heavy atom. The van der Waals surface area contributed by atoms with Crippen LogP contribution in [0.15, 0.2) is 24.3 Å². The second-order valence-corrected chi connectivity index (χ2v) is 5.65. The number of rotatable bonds is 4. The summed E-state index contributed by atoms with van der Waals surface area (Å²) in [5.41, 5.74) is 4.50. The van der Waals surface area contributed by atoms with Crippen LogP contribution in [0.4, 0.5) is 0 Å². The molecule has 0 spiro atoms. The molecule has 1 heteroatoms. The van der Waals surface area contributed by atoms with Crippen molar-refractivity contribution in [3.63, 3.8) is 0 Å². The molecule has 0 aliphatic heterocycles. The van der Waals surface area contributed by atoms with Gasteiger partial charge >= 0.3 is 0 Å². The normalized spacial score (nSPS) is 19.1. The zero-order chi connectivity index (χ0) is 12.4. The van der Waals surface area contributed by atoms with Crippen molar-refractivity contribution >= 4 is 10.9 Å². The molecule has 1 nitrogen and oxygen atoms in total. The third kappa shape index (κ3) is 2.07. The van der Waals surface area contributed by atoms with E-state index in [0.29, 0.717) is 0 Å². The van der Waals surface area contributed by atoms with Crippen molar-refractivity contribution in [1.82, 2.24) is 4.98 Å². The van der Waals surface area contributed by atoms with E-state index in [1.54, 1.807) is 5.56 Å². The van der Waals surface area contributed by atoms with E-state index in [2.05, 4.69) is 36.2 Å². The molecule has 0 radical (unpaired) electrons. The smallest absolute Gasteiger partial charge is 0.0459 e. The fourth-order valence-electron chi connectivity index (χ4n) is 3.48. The molecule has 18 heavy (non-hydrogen) atoms. The number of aromatic amines is 1. The Labute approximate surface area is 110 Å². The quantitative estimate of drug-likeness (QED) is 0.711. The average Bonchev–Trinajstić information content (AvgIpc) is 2.78. The molecule has 0 fully saturated rings. The molecule has 96 valence electrons. The van der Waals surface area contributed by atoms with Gasteiger partial charge in [-0.1, -0.05) is 44.4 Å². The number of para-hydroxylation sites is 1. The summed E-state index contributed by atoms with van der Waals surface area (Å²) in [6.07, 6.45) is 9.47. The van der Waals surface area contributed by atoms with Gasteiger partial charge in [0.25, 0.3) is 0 Å². The van der Waals surface area contributed by atoms with Gasteiger partial charge in [-0.25, -0.2) is 0 Å². The van der Waals surface area contributed by atoms with Gasteiger partial charge in [0, 0.05) is 16.6 Å². The lowest BCUT2D eigenvalue weighted by Gasteiger charge is -2.23. The van der Waals surface area contributed by atoms with Crippen LogP contribution >= 0.6 is 0 Å². The third-order valence-electron chi connectivity index (χ3n) is 4.37. The minimum atomic E-state index is 0.802. The van der Waals surface area contributed by atoms with Gasteiger partial charge in [0.2, 0.25) is 0 Å². The highest BCUT2D eigenvalue weighted by molar-refractivity contribution is 5.85. The summed E-state index contributed by atoms with van der Waals surface area (Å²) >= 11 is 0. The van der Waals surface area contributed by atoms with Crippen LogP contribution in [-0.4, -0.2) is 4.98 Å². The highest BCUT2D eigenvalue weighted by Crippen LogP contribution is 2.39. The van der Waals surface area contributed by atoms with E-state index < -0.39 is 0 Å². The van der Waals surface area contributed by atoms with E-state index in [1.807, 2.05) is 0 Å². The molecular formula is C17H23N. The van der Waals surface area contributed by atoms with Crippen LogP contribution < -0.4 is 0 Å². The van der Waals surface area contributed by atoms with Gasteiger partial charge in [0.05, 0.1) is 0 Å². The molecule has 1 aliphatic rings. The standard InChI is InChI=1S/C17H23N/c1-2-3-4-8-13-9-7-12-16-17(13)14-10-5-6-11-15(14)18-16/h5-6,10-11,13,18H,2-4,7-9,12H2,1H3. The first-order chi connectivity index (χ1) is 8.90. The Morgan fingerprint density at radius 2 is 2.11 bits per heavy atom. The van der Waals surface area contributed by atoms with Crippen LogP contribution in [-0.2, 0) is 6.42 Å². The van der Waals surface area contributed by atoms with Crippen molar-refractivity contribution in [3.05, 3.63) is 35.5 Å². The average molecular weight is 241 g/mol. The molecule has 1 unspecified atom stereocenters. The lowest BCUT2D eigenvalue weighted by molar-refractivity contribution is 0.494. The topological polar surface area (TPSA) is 15.8 Å². The first-order valence-corrected chi connectivity index (χ1v) is 7.49. The fourth-order valence-corrected chi connectivity index (χ4v) is 3.48. The summed E-state index contributed by atoms with van der Waals surface area (Å²) < 4.78 is 0. The van der Waals surface area contributed by atoms with E-state index in [9.17, 15) is 0 Å². The minimum absolute atomic E-state index is 0.802. The number of aromatic nitrogens is 1. The molecule has 1 heterocycles. The van der Waals surface area contributed by atoms with E-state index in [-0.39, 0.29) is 0 Å². The summed E-state index contributed by atoms with van der Waals surface area (Å²) in [6.45, 7) is 2.29. The van der Waals surface area contributed by atoms with Crippen molar-refractivity contribution in [3.8, 4) is 0 Å². The van der Waals surface area contributed by atoms with E-state index in [0.717, 1.165) is 5.92 Å². The van der Waals surface area contributed by atoms with Crippen LogP contribution in [0.5, 0.6) is 0 Å². The van der Waals surface area contributed by atoms with Crippen molar-refractivity contribution < 1.29 is 0 Å². The number of aryl methyl sites for hydroxylation is 1. The molecule has 0 amide bonds. The second-order valence-electron chi connectivity index (χ2n) is 5.65. The first kappa shape index (κ1) is 11.8. The minimum Gasteiger partial charge on any atom is -0.358 e. The number of fused-ring (bicyclic) bond motifs is 3. The van der Waals surface area contributed by atoms with Crippen LogP contribution in [0, 0.1) is 0 Å². The predicted molar refractivity (Wildman–Crippen MR) is 78.1 cm³/mol.